The molecule has 134 valence electrons. The summed E-state index contributed by atoms with van der Waals surface area (Å²) in [6.07, 6.45) is 1.26. The Kier molecular flexibility index (Phi) is 4.40. The van der Waals surface area contributed by atoms with E-state index in [-0.39, 0.29) is 11.8 Å². The number of piperidine rings is 1. The minimum atomic E-state index is -0.539. The Morgan fingerprint density at radius 2 is 1.85 bits per heavy atom. The molecule has 2 aromatic carbocycles. The number of likely N-dealkylation sites (tertiary alicyclic amines) is 1. The van der Waals surface area contributed by atoms with Crippen molar-refractivity contribution in [1.29, 1.82) is 0 Å². The molecule has 5 nitrogen and oxygen atoms in total. The second kappa shape index (κ2) is 6.59. The Morgan fingerprint density at radius 3 is 2.58 bits per heavy atom. The number of carbonyl (C=O) groups excluding carboxylic acids is 2. The van der Waals surface area contributed by atoms with Crippen molar-refractivity contribution in [3.8, 4) is 0 Å². The van der Waals surface area contributed by atoms with Gasteiger partial charge in [0.2, 0.25) is 0 Å². The molecule has 0 atom stereocenters. The monoisotopic (exact) mass is 433 g/mol. The van der Waals surface area contributed by atoms with Gasteiger partial charge in [-0.05, 0) is 30.3 Å². The normalized spacial score (nSPS) is 18.1. The van der Waals surface area contributed by atoms with Crippen LogP contribution in [0.25, 0.3) is 0 Å². The molecular weight excluding hydrogens is 418 g/mol. The standard InChI is InChI=1S/C19H17BrClN3O2/c20-13-4-1-3-12(11-13)18(26)24-9-7-19(8-10-24)22-15-6-2-5-14(21)16(15)17(25)23-19/h1-6,11,22H,7-10H2,(H,23,25). The van der Waals surface area contributed by atoms with Crippen molar-refractivity contribution < 1.29 is 9.59 Å². The lowest BCUT2D eigenvalue weighted by atomic mass is 9.92. The maximum absolute atomic E-state index is 12.7. The van der Waals surface area contributed by atoms with Crippen LogP contribution in [0.3, 0.4) is 0 Å². The van der Waals surface area contributed by atoms with Crippen LogP contribution in [-0.4, -0.2) is 35.5 Å². The summed E-state index contributed by atoms with van der Waals surface area (Å²) < 4.78 is 0.881. The number of hydrogen-bond donors (Lipinski definition) is 2. The molecule has 2 heterocycles. The van der Waals surface area contributed by atoms with Crippen LogP contribution in [0.2, 0.25) is 5.02 Å². The molecule has 2 N–H and O–H groups in total. The van der Waals surface area contributed by atoms with Crippen LogP contribution in [-0.2, 0) is 0 Å². The minimum absolute atomic E-state index is 0.00623. The fraction of sp³-hybridized carbons (Fsp3) is 0.263. The van der Waals surface area contributed by atoms with Gasteiger partial charge in [-0.2, -0.15) is 0 Å². The van der Waals surface area contributed by atoms with Gasteiger partial charge >= 0.3 is 0 Å². The molecule has 4 rings (SSSR count). The van der Waals surface area contributed by atoms with Gasteiger partial charge in [-0.15, -0.1) is 0 Å². The first-order valence-corrected chi connectivity index (χ1v) is 9.59. The number of benzene rings is 2. The number of rotatable bonds is 1. The van der Waals surface area contributed by atoms with E-state index in [1.54, 1.807) is 6.07 Å². The highest BCUT2D eigenvalue weighted by Gasteiger charge is 2.41. The second-order valence-electron chi connectivity index (χ2n) is 6.63. The highest BCUT2D eigenvalue weighted by molar-refractivity contribution is 9.10. The van der Waals surface area contributed by atoms with E-state index >= 15 is 0 Å². The highest BCUT2D eigenvalue weighted by atomic mass is 79.9. The van der Waals surface area contributed by atoms with Gasteiger partial charge in [-0.1, -0.05) is 39.7 Å². The lowest BCUT2D eigenvalue weighted by molar-refractivity contribution is 0.0639. The summed E-state index contributed by atoms with van der Waals surface area (Å²) in [6, 6.07) is 12.8. The summed E-state index contributed by atoms with van der Waals surface area (Å²) in [5.41, 5.74) is 1.34. The maximum Gasteiger partial charge on any atom is 0.256 e. The molecule has 2 aliphatic rings. The summed E-state index contributed by atoms with van der Waals surface area (Å²) in [5, 5.41) is 6.92. The Hall–Kier alpha value is -2.05. The molecule has 1 spiro atoms. The molecule has 0 bridgehead atoms. The van der Waals surface area contributed by atoms with Gasteiger partial charge in [0.15, 0.2) is 0 Å². The van der Waals surface area contributed by atoms with Gasteiger partial charge in [0.1, 0.15) is 5.66 Å². The van der Waals surface area contributed by atoms with Crippen molar-refractivity contribution in [2.75, 3.05) is 18.4 Å². The number of nitrogens with zero attached hydrogens (tertiary/aromatic N) is 1. The molecule has 2 amide bonds. The number of nitrogens with one attached hydrogen (secondary N) is 2. The Labute approximate surface area is 164 Å². The van der Waals surface area contributed by atoms with E-state index < -0.39 is 5.66 Å². The average molecular weight is 435 g/mol. The second-order valence-corrected chi connectivity index (χ2v) is 7.95. The summed E-state index contributed by atoms with van der Waals surface area (Å²) in [5.74, 6) is -0.164. The molecule has 1 fully saturated rings. The zero-order valence-electron chi connectivity index (χ0n) is 13.9. The number of halogens is 2. The van der Waals surface area contributed by atoms with Crippen molar-refractivity contribution in [3.63, 3.8) is 0 Å². The first-order chi connectivity index (χ1) is 12.5. The van der Waals surface area contributed by atoms with Gasteiger partial charge in [0.05, 0.1) is 16.3 Å². The first-order valence-electron chi connectivity index (χ1n) is 8.41. The smallest absolute Gasteiger partial charge is 0.256 e. The summed E-state index contributed by atoms with van der Waals surface area (Å²) in [7, 11) is 0. The number of carbonyl (C=O) groups is 2. The lowest BCUT2D eigenvalue weighted by Gasteiger charge is -2.46. The number of amides is 2. The maximum atomic E-state index is 12.7. The van der Waals surface area contributed by atoms with E-state index in [4.69, 9.17) is 11.6 Å². The highest BCUT2D eigenvalue weighted by Crippen LogP contribution is 2.34. The van der Waals surface area contributed by atoms with E-state index in [0.29, 0.717) is 42.1 Å². The fourth-order valence-corrected chi connectivity index (χ4v) is 4.23. The van der Waals surface area contributed by atoms with Crippen LogP contribution in [0, 0.1) is 0 Å². The van der Waals surface area contributed by atoms with Gasteiger partial charge < -0.3 is 15.5 Å². The average Bonchev–Trinajstić information content (AvgIpc) is 2.61. The molecule has 1 saturated heterocycles. The first kappa shape index (κ1) is 17.4. The number of anilines is 1. The van der Waals surface area contributed by atoms with Crippen molar-refractivity contribution in [1.82, 2.24) is 10.2 Å². The predicted octanol–water partition coefficient (Wildman–Crippen LogP) is 3.89. The van der Waals surface area contributed by atoms with Crippen LogP contribution in [0.1, 0.15) is 33.6 Å². The van der Waals surface area contributed by atoms with Crippen LogP contribution >= 0.6 is 27.5 Å². The third-order valence-corrected chi connectivity index (χ3v) is 5.75. The third-order valence-electron chi connectivity index (χ3n) is 4.94. The molecule has 0 unspecified atom stereocenters. The Balaban J connectivity index is 1.50. The molecule has 7 heteroatoms. The van der Waals surface area contributed by atoms with E-state index in [2.05, 4.69) is 26.6 Å². The van der Waals surface area contributed by atoms with E-state index in [1.807, 2.05) is 41.3 Å². The van der Waals surface area contributed by atoms with Crippen molar-refractivity contribution in [3.05, 3.63) is 63.1 Å². The lowest BCUT2D eigenvalue weighted by Crippen LogP contribution is -2.62. The molecule has 0 radical (unpaired) electrons. The SMILES string of the molecule is O=C1NC2(CCN(C(=O)c3cccc(Br)c3)CC2)Nc2cccc(Cl)c21. The van der Waals surface area contributed by atoms with E-state index in [0.717, 1.165) is 10.2 Å². The Bertz CT molecular complexity index is 894. The molecule has 0 aliphatic carbocycles. The molecule has 0 saturated carbocycles. The largest absolute Gasteiger partial charge is 0.362 e. The van der Waals surface area contributed by atoms with Gasteiger partial charge in [0, 0.05) is 36.0 Å². The van der Waals surface area contributed by atoms with Gasteiger partial charge in [-0.3, -0.25) is 9.59 Å². The zero-order chi connectivity index (χ0) is 18.3. The molecule has 2 aliphatic heterocycles. The summed E-state index contributed by atoms with van der Waals surface area (Å²) in [6.45, 7) is 1.13. The van der Waals surface area contributed by atoms with Gasteiger partial charge in [0.25, 0.3) is 11.8 Å². The number of fused-ring (bicyclic) bond motifs is 1. The third kappa shape index (κ3) is 3.08. The van der Waals surface area contributed by atoms with Crippen LogP contribution in [0.4, 0.5) is 5.69 Å². The minimum Gasteiger partial charge on any atom is -0.362 e. The van der Waals surface area contributed by atoms with E-state index in [1.165, 1.54) is 0 Å². The van der Waals surface area contributed by atoms with Crippen molar-refractivity contribution >= 4 is 45.0 Å². The van der Waals surface area contributed by atoms with E-state index in [9.17, 15) is 9.59 Å². The summed E-state index contributed by atoms with van der Waals surface area (Å²) >= 11 is 9.55. The van der Waals surface area contributed by atoms with Crippen molar-refractivity contribution in [2.45, 2.75) is 18.5 Å². The fourth-order valence-electron chi connectivity index (χ4n) is 3.57. The summed E-state index contributed by atoms with van der Waals surface area (Å²) in [4.78, 5) is 27.1. The molecule has 0 aromatic heterocycles. The van der Waals surface area contributed by atoms with Gasteiger partial charge in [-0.25, -0.2) is 0 Å². The Morgan fingerprint density at radius 1 is 1.12 bits per heavy atom. The van der Waals surface area contributed by atoms with Crippen LogP contribution in [0.5, 0.6) is 0 Å². The predicted molar refractivity (Wildman–Crippen MR) is 105 cm³/mol. The number of hydrogen-bond acceptors (Lipinski definition) is 3. The zero-order valence-corrected chi connectivity index (χ0v) is 16.2. The quantitative estimate of drug-likeness (QED) is 0.716. The molecule has 26 heavy (non-hydrogen) atoms. The van der Waals surface area contributed by atoms with Crippen LogP contribution < -0.4 is 10.6 Å². The molecular formula is C19H17BrClN3O2. The topological polar surface area (TPSA) is 61.4 Å². The van der Waals surface area contributed by atoms with Crippen LogP contribution in [0.15, 0.2) is 46.9 Å². The van der Waals surface area contributed by atoms with Crippen molar-refractivity contribution in [2.24, 2.45) is 0 Å². The molecule has 2 aromatic rings.